The summed E-state index contributed by atoms with van der Waals surface area (Å²) in [6, 6.07) is 18.0. The number of carbonyl (C=O) groups is 1. The predicted molar refractivity (Wildman–Crippen MR) is 140 cm³/mol. The van der Waals surface area contributed by atoms with Crippen LogP contribution in [0.3, 0.4) is 0 Å². The maximum Gasteiger partial charge on any atom is 0.417 e. The van der Waals surface area contributed by atoms with Crippen LogP contribution in [0.1, 0.15) is 22.3 Å². The van der Waals surface area contributed by atoms with Gasteiger partial charge in [-0.3, -0.25) is 9.79 Å². The van der Waals surface area contributed by atoms with E-state index >= 15 is 0 Å². The first-order chi connectivity index (χ1) is 19.4. The minimum Gasteiger partial charge on any atom is -0.402 e. The molecule has 0 saturated carbocycles. The van der Waals surface area contributed by atoms with Crippen molar-refractivity contribution in [2.75, 3.05) is 36.5 Å². The number of hydrogen-bond donors (Lipinski definition) is 1. The Morgan fingerprint density at radius 1 is 0.975 bits per heavy atom. The van der Waals surface area contributed by atoms with E-state index in [-0.39, 0.29) is 35.5 Å². The van der Waals surface area contributed by atoms with Crippen LogP contribution in [0.15, 0.2) is 76.3 Å². The highest BCUT2D eigenvalue weighted by atomic mass is 19.4. The minimum atomic E-state index is -4.57. The molecule has 40 heavy (non-hydrogen) atoms. The molecule has 0 spiro atoms. The molecule has 1 fully saturated rings. The Morgan fingerprint density at radius 3 is 2.50 bits per heavy atom. The van der Waals surface area contributed by atoms with Crippen molar-refractivity contribution in [2.24, 2.45) is 4.99 Å². The fourth-order valence-electron chi connectivity index (χ4n) is 4.71. The number of nitrogens with zero attached hydrogens (tertiary/aromatic N) is 5. The van der Waals surface area contributed by atoms with Crippen LogP contribution >= 0.6 is 0 Å². The van der Waals surface area contributed by atoms with Gasteiger partial charge in [0, 0.05) is 36.8 Å². The van der Waals surface area contributed by atoms with Crippen molar-refractivity contribution in [2.45, 2.75) is 18.8 Å². The van der Waals surface area contributed by atoms with Gasteiger partial charge < -0.3 is 19.4 Å². The summed E-state index contributed by atoms with van der Waals surface area (Å²) in [5, 5.41) is 10.9. The number of aromatic nitrogens is 3. The minimum absolute atomic E-state index is 0.0886. The number of fused-ring (bicyclic) bond motifs is 1. The summed E-state index contributed by atoms with van der Waals surface area (Å²) in [5.74, 6) is -0.297. The molecule has 2 aliphatic rings. The van der Waals surface area contributed by atoms with E-state index in [9.17, 15) is 18.0 Å². The molecule has 4 aromatic rings. The number of benzene rings is 2. The number of nitrogens with one attached hydrogen (secondary N) is 1. The zero-order valence-electron chi connectivity index (χ0n) is 21.1. The summed E-state index contributed by atoms with van der Waals surface area (Å²) in [6.07, 6.45) is -4.73. The highest BCUT2D eigenvalue weighted by molar-refractivity contribution is 6.16. The maximum absolute atomic E-state index is 13.5. The molecule has 0 unspecified atom stereocenters. The number of Topliss-reactive ketones (excluding diaryl/α,β-unsaturated/α-hetero) is 1. The number of carbonyl (C=O) groups excluding carboxylic acids is 1. The van der Waals surface area contributed by atoms with Crippen LogP contribution in [-0.2, 0) is 22.1 Å². The van der Waals surface area contributed by atoms with Gasteiger partial charge in [-0.25, -0.2) is 4.98 Å². The van der Waals surface area contributed by atoms with Crippen LogP contribution in [0.4, 0.5) is 24.9 Å². The summed E-state index contributed by atoms with van der Waals surface area (Å²) in [5.41, 5.74) is 2.59. The molecule has 2 aliphatic heterocycles. The predicted octanol–water partition coefficient (Wildman–Crippen LogP) is 4.39. The number of alkyl halides is 3. The van der Waals surface area contributed by atoms with E-state index < -0.39 is 17.9 Å². The third kappa shape index (κ3) is 5.17. The number of morpholine rings is 1. The van der Waals surface area contributed by atoms with E-state index in [1.165, 1.54) is 0 Å². The third-order valence-electron chi connectivity index (χ3n) is 6.68. The van der Waals surface area contributed by atoms with Crippen molar-refractivity contribution in [3.05, 3.63) is 89.1 Å². The Kier molecular flexibility index (Phi) is 6.76. The number of ether oxygens (including phenoxy) is 1. The summed E-state index contributed by atoms with van der Waals surface area (Å²) in [4.78, 5) is 23.7. The smallest absolute Gasteiger partial charge is 0.402 e. The second kappa shape index (κ2) is 10.5. The topological polar surface area (TPSA) is 106 Å². The molecule has 0 aliphatic carbocycles. The first-order valence-corrected chi connectivity index (χ1v) is 12.6. The summed E-state index contributed by atoms with van der Waals surface area (Å²) < 4.78 is 51.5. The fourth-order valence-corrected chi connectivity index (χ4v) is 4.71. The van der Waals surface area contributed by atoms with Crippen molar-refractivity contribution in [3.8, 4) is 11.6 Å². The van der Waals surface area contributed by atoms with E-state index in [1.807, 2.05) is 54.6 Å². The Labute approximate surface area is 226 Å². The standard InChI is InChI=1S/C28H23F3N6O3/c29-28(30,31)19-15-21(37-10-12-39-13-11-37)24(32-16-19)26-35-36-27(40-26)34-25-22(38)14-18-8-4-5-9-20(18)23(33-25)17-6-2-1-3-7-17/h1-9,15-16,25H,10-14H2,(H,34,36)/t25-/m0/s1. The summed E-state index contributed by atoms with van der Waals surface area (Å²) >= 11 is 0. The van der Waals surface area contributed by atoms with Crippen molar-refractivity contribution in [1.82, 2.24) is 15.2 Å². The molecule has 6 rings (SSSR count). The fraction of sp³-hybridized carbons (Fsp3) is 0.250. The summed E-state index contributed by atoms with van der Waals surface area (Å²) in [7, 11) is 0. The molecule has 2 aromatic carbocycles. The Hall–Kier alpha value is -4.58. The van der Waals surface area contributed by atoms with Crippen molar-refractivity contribution in [1.29, 1.82) is 0 Å². The molecule has 12 heteroatoms. The zero-order valence-corrected chi connectivity index (χ0v) is 21.1. The second-order valence-corrected chi connectivity index (χ2v) is 9.29. The Bertz CT molecular complexity index is 1570. The molecule has 1 N–H and O–H groups in total. The second-order valence-electron chi connectivity index (χ2n) is 9.29. The molecule has 204 valence electrons. The molecule has 1 atom stereocenters. The van der Waals surface area contributed by atoms with Crippen LogP contribution in [0.5, 0.6) is 0 Å². The molecule has 2 aromatic heterocycles. The molecule has 0 amide bonds. The average Bonchev–Trinajstić information content (AvgIpc) is 3.38. The van der Waals surface area contributed by atoms with Crippen molar-refractivity contribution >= 4 is 23.2 Å². The number of rotatable bonds is 5. The largest absolute Gasteiger partial charge is 0.417 e. The van der Waals surface area contributed by atoms with E-state index in [0.29, 0.717) is 32.0 Å². The van der Waals surface area contributed by atoms with Crippen LogP contribution in [0.25, 0.3) is 11.6 Å². The molecule has 4 heterocycles. The van der Waals surface area contributed by atoms with Crippen LogP contribution in [0, 0.1) is 0 Å². The molecule has 0 bridgehead atoms. The number of hydrogen-bond acceptors (Lipinski definition) is 9. The van der Waals surface area contributed by atoms with Gasteiger partial charge in [-0.05, 0) is 11.6 Å². The number of pyridine rings is 1. The quantitative estimate of drug-likeness (QED) is 0.392. The van der Waals surface area contributed by atoms with Crippen LogP contribution in [0.2, 0.25) is 0 Å². The van der Waals surface area contributed by atoms with E-state index in [2.05, 4.69) is 20.5 Å². The summed E-state index contributed by atoms with van der Waals surface area (Å²) in [6.45, 7) is 1.48. The lowest BCUT2D eigenvalue weighted by Gasteiger charge is -2.30. The molecular formula is C28H23F3N6O3. The Balaban J connectivity index is 1.34. The number of halogens is 3. The monoisotopic (exact) mass is 548 g/mol. The highest BCUT2D eigenvalue weighted by Crippen LogP contribution is 2.36. The molecule has 0 radical (unpaired) electrons. The lowest BCUT2D eigenvalue weighted by atomic mass is 9.96. The van der Waals surface area contributed by atoms with Crippen LogP contribution in [-0.4, -0.2) is 59.1 Å². The molecule has 9 nitrogen and oxygen atoms in total. The number of anilines is 2. The SMILES string of the molecule is O=C1Cc2ccccc2C(c2ccccc2)=N[C@H]1Nc1nnc(-c2ncc(C(F)(F)F)cc2N2CCOCC2)o1. The van der Waals surface area contributed by atoms with Gasteiger partial charge in [0.15, 0.2) is 17.6 Å². The highest BCUT2D eigenvalue weighted by Gasteiger charge is 2.34. The Morgan fingerprint density at radius 2 is 1.73 bits per heavy atom. The van der Waals surface area contributed by atoms with Gasteiger partial charge in [-0.1, -0.05) is 59.7 Å². The van der Waals surface area contributed by atoms with E-state index in [0.717, 1.165) is 29.0 Å². The van der Waals surface area contributed by atoms with Gasteiger partial charge in [-0.2, -0.15) is 13.2 Å². The van der Waals surface area contributed by atoms with Gasteiger partial charge >= 0.3 is 12.2 Å². The zero-order chi connectivity index (χ0) is 27.7. The van der Waals surface area contributed by atoms with Crippen molar-refractivity contribution in [3.63, 3.8) is 0 Å². The van der Waals surface area contributed by atoms with Gasteiger partial charge in [-0.15, -0.1) is 5.10 Å². The van der Waals surface area contributed by atoms with E-state index in [1.54, 1.807) is 4.90 Å². The molecular weight excluding hydrogens is 525 g/mol. The first kappa shape index (κ1) is 25.7. The number of aliphatic imine (C=N–C) groups is 1. The van der Waals surface area contributed by atoms with Crippen molar-refractivity contribution < 1.29 is 27.1 Å². The first-order valence-electron chi connectivity index (χ1n) is 12.6. The molecule has 1 saturated heterocycles. The lowest BCUT2D eigenvalue weighted by Crippen LogP contribution is -2.36. The van der Waals surface area contributed by atoms with Gasteiger partial charge in [0.1, 0.15) is 0 Å². The lowest BCUT2D eigenvalue weighted by molar-refractivity contribution is -0.137. The average molecular weight is 549 g/mol. The normalized spacial score (nSPS) is 17.7. The number of ketones is 1. The maximum atomic E-state index is 13.5. The van der Waals surface area contributed by atoms with E-state index in [4.69, 9.17) is 14.1 Å². The van der Waals surface area contributed by atoms with Gasteiger partial charge in [0.25, 0.3) is 5.89 Å². The van der Waals surface area contributed by atoms with Gasteiger partial charge in [0.05, 0.1) is 30.2 Å². The third-order valence-corrected chi connectivity index (χ3v) is 6.68. The van der Waals surface area contributed by atoms with Crippen LogP contribution < -0.4 is 10.2 Å². The van der Waals surface area contributed by atoms with Gasteiger partial charge in [0.2, 0.25) is 0 Å².